The molecule has 0 aliphatic carbocycles. The zero-order valence-corrected chi connectivity index (χ0v) is 15.8. The van der Waals surface area contributed by atoms with Gasteiger partial charge in [-0.3, -0.25) is 4.79 Å². The zero-order valence-electron chi connectivity index (χ0n) is 15.0. The van der Waals surface area contributed by atoms with Gasteiger partial charge >= 0.3 is 0 Å². The topological polar surface area (TPSA) is 66.5 Å². The number of benzene rings is 2. The van der Waals surface area contributed by atoms with Gasteiger partial charge in [-0.25, -0.2) is 17.2 Å². The van der Waals surface area contributed by atoms with Gasteiger partial charge in [-0.05, 0) is 36.6 Å². The summed E-state index contributed by atoms with van der Waals surface area (Å²) in [4.78, 5) is 12.3. The maximum atomic E-state index is 13.7. The smallest absolute Gasteiger partial charge is 0.236 e. The Morgan fingerprint density at radius 1 is 1.00 bits per heavy atom. The van der Waals surface area contributed by atoms with E-state index in [1.165, 1.54) is 16.4 Å². The van der Waals surface area contributed by atoms with Crippen molar-refractivity contribution in [2.24, 2.45) is 5.92 Å². The van der Waals surface area contributed by atoms with E-state index in [-0.39, 0.29) is 25.9 Å². The third kappa shape index (κ3) is 4.82. The van der Waals surface area contributed by atoms with Crippen molar-refractivity contribution in [3.63, 3.8) is 0 Å². The van der Waals surface area contributed by atoms with E-state index < -0.39 is 39.2 Å². The van der Waals surface area contributed by atoms with Crippen LogP contribution >= 0.6 is 0 Å². The number of halogens is 2. The Morgan fingerprint density at radius 2 is 1.61 bits per heavy atom. The molecule has 1 fully saturated rings. The maximum Gasteiger partial charge on any atom is 0.236 e. The molecular formula is C20H20F2N2O3S. The molecule has 0 spiro atoms. The number of para-hydroxylation sites is 1. The number of nitrogens with one attached hydrogen (secondary N) is 1. The molecular weight excluding hydrogens is 386 g/mol. The highest BCUT2D eigenvalue weighted by Gasteiger charge is 2.30. The number of nitrogens with zero attached hydrogens (tertiary/aromatic N) is 1. The van der Waals surface area contributed by atoms with Crippen LogP contribution in [0, 0.1) is 17.6 Å². The van der Waals surface area contributed by atoms with Crippen molar-refractivity contribution in [1.29, 1.82) is 0 Å². The molecule has 0 bridgehead atoms. The van der Waals surface area contributed by atoms with Gasteiger partial charge in [0.15, 0.2) is 0 Å². The summed E-state index contributed by atoms with van der Waals surface area (Å²) in [5, 5.41) is 3.43. The summed E-state index contributed by atoms with van der Waals surface area (Å²) < 4.78 is 53.6. The first-order chi connectivity index (χ1) is 13.4. The Bertz CT molecular complexity index is 950. The second-order valence-electron chi connectivity index (χ2n) is 6.52. The molecule has 28 heavy (non-hydrogen) atoms. The van der Waals surface area contributed by atoms with Gasteiger partial charge in [-0.15, -0.1) is 0 Å². The first-order valence-electron chi connectivity index (χ1n) is 8.85. The van der Waals surface area contributed by atoms with Crippen LogP contribution in [-0.2, 0) is 14.8 Å². The molecule has 148 valence electrons. The molecule has 1 aliphatic rings. The second-order valence-corrected chi connectivity index (χ2v) is 8.34. The van der Waals surface area contributed by atoms with Crippen molar-refractivity contribution in [2.45, 2.75) is 12.8 Å². The molecule has 5 nitrogen and oxygen atoms in total. The minimum Gasteiger partial charge on any atom is -0.321 e. The van der Waals surface area contributed by atoms with Crippen molar-refractivity contribution >= 4 is 27.7 Å². The fraction of sp³-hybridized carbons (Fsp3) is 0.250. The average molecular weight is 406 g/mol. The third-order valence-electron chi connectivity index (χ3n) is 4.63. The maximum absolute atomic E-state index is 13.7. The van der Waals surface area contributed by atoms with E-state index in [0.717, 1.165) is 23.1 Å². The molecule has 0 saturated carbocycles. The van der Waals surface area contributed by atoms with Gasteiger partial charge in [0.2, 0.25) is 15.9 Å². The van der Waals surface area contributed by atoms with E-state index >= 15 is 0 Å². The summed E-state index contributed by atoms with van der Waals surface area (Å²) in [7, 11) is -3.60. The Hall–Kier alpha value is -2.58. The quantitative estimate of drug-likeness (QED) is 0.825. The number of piperidine rings is 1. The molecule has 1 amide bonds. The highest BCUT2D eigenvalue weighted by Crippen LogP contribution is 2.24. The summed E-state index contributed by atoms with van der Waals surface area (Å²) in [6.07, 6.45) is 2.08. The predicted octanol–water partition coefficient (Wildman–Crippen LogP) is 3.62. The minimum absolute atomic E-state index is 0.166. The van der Waals surface area contributed by atoms with Crippen LogP contribution in [0.15, 0.2) is 53.9 Å². The van der Waals surface area contributed by atoms with Crippen LogP contribution < -0.4 is 5.32 Å². The van der Waals surface area contributed by atoms with Gasteiger partial charge in [0.05, 0.1) is 0 Å². The van der Waals surface area contributed by atoms with E-state index in [2.05, 4.69) is 5.32 Å². The monoisotopic (exact) mass is 406 g/mol. The highest BCUT2D eigenvalue weighted by atomic mass is 32.2. The minimum atomic E-state index is -3.60. The molecule has 3 rings (SSSR count). The van der Waals surface area contributed by atoms with E-state index in [1.807, 2.05) is 18.2 Å². The molecule has 2 aromatic carbocycles. The van der Waals surface area contributed by atoms with E-state index in [9.17, 15) is 22.0 Å². The van der Waals surface area contributed by atoms with Crippen LogP contribution in [0.2, 0.25) is 0 Å². The SMILES string of the molecule is O=C(Nc1c(F)cccc1F)C1CCN(S(=O)(=O)C=Cc2ccccc2)CC1. The molecule has 1 aliphatic heterocycles. The van der Waals surface area contributed by atoms with Crippen LogP contribution in [0.5, 0.6) is 0 Å². The fourth-order valence-corrected chi connectivity index (χ4v) is 4.25. The lowest BCUT2D eigenvalue weighted by Gasteiger charge is -2.29. The summed E-state index contributed by atoms with van der Waals surface area (Å²) in [6.45, 7) is 0.332. The molecule has 0 atom stereocenters. The summed E-state index contributed by atoms with van der Waals surface area (Å²) in [6, 6.07) is 12.4. The number of rotatable bonds is 5. The Kier molecular flexibility index (Phi) is 6.21. The van der Waals surface area contributed by atoms with Gasteiger partial charge in [-0.2, -0.15) is 4.31 Å². The third-order valence-corrected chi connectivity index (χ3v) is 6.19. The van der Waals surface area contributed by atoms with Gasteiger partial charge in [-0.1, -0.05) is 36.4 Å². The Balaban J connectivity index is 1.59. The average Bonchev–Trinajstić information content (AvgIpc) is 2.70. The normalized spacial score (nSPS) is 16.4. The molecule has 1 N–H and O–H groups in total. The standard InChI is InChI=1S/C20H20F2N2O3S/c21-17-7-4-8-18(22)19(17)23-20(25)16-9-12-24(13-10-16)28(26,27)14-11-15-5-2-1-3-6-15/h1-8,11,14,16H,9-10,12-13H2,(H,23,25). The van der Waals surface area contributed by atoms with Crippen molar-refractivity contribution in [3.05, 3.63) is 71.1 Å². The van der Waals surface area contributed by atoms with E-state index in [1.54, 1.807) is 12.1 Å². The first kappa shape index (κ1) is 20.2. The van der Waals surface area contributed by atoms with Gasteiger partial charge in [0.1, 0.15) is 17.3 Å². The number of sulfonamides is 1. The lowest BCUT2D eigenvalue weighted by Crippen LogP contribution is -2.40. The van der Waals surface area contributed by atoms with Crippen LogP contribution in [-0.4, -0.2) is 31.7 Å². The molecule has 0 radical (unpaired) electrons. The molecule has 1 heterocycles. The number of amides is 1. The van der Waals surface area contributed by atoms with Crippen LogP contribution in [0.25, 0.3) is 6.08 Å². The van der Waals surface area contributed by atoms with Crippen molar-refractivity contribution < 1.29 is 22.0 Å². The highest BCUT2D eigenvalue weighted by molar-refractivity contribution is 7.92. The number of carbonyl (C=O) groups excluding carboxylic acids is 1. The van der Waals surface area contributed by atoms with Gasteiger partial charge in [0.25, 0.3) is 0 Å². The lowest BCUT2D eigenvalue weighted by molar-refractivity contribution is -0.121. The first-order valence-corrected chi connectivity index (χ1v) is 10.4. The Labute approximate surface area is 162 Å². The number of anilines is 1. The molecule has 0 unspecified atom stereocenters. The summed E-state index contributed by atoms with van der Waals surface area (Å²) in [5.41, 5.74) is 0.292. The second kappa shape index (κ2) is 8.62. The van der Waals surface area contributed by atoms with Gasteiger partial charge in [0, 0.05) is 24.4 Å². The fourth-order valence-electron chi connectivity index (χ4n) is 3.03. The van der Waals surface area contributed by atoms with Crippen LogP contribution in [0.3, 0.4) is 0 Å². The van der Waals surface area contributed by atoms with E-state index in [4.69, 9.17) is 0 Å². The largest absolute Gasteiger partial charge is 0.321 e. The molecule has 8 heteroatoms. The van der Waals surface area contributed by atoms with Gasteiger partial charge < -0.3 is 5.32 Å². The van der Waals surface area contributed by atoms with Crippen molar-refractivity contribution in [1.82, 2.24) is 4.31 Å². The van der Waals surface area contributed by atoms with Crippen LogP contribution in [0.4, 0.5) is 14.5 Å². The number of hydrogen-bond donors (Lipinski definition) is 1. The van der Waals surface area contributed by atoms with Crippen molar-refractivity contribution in [3.8, 4) is 0 Å². The zero-order chi connectivity index (χ0) is 20.1. The lowest BCUT2D eigenvalue weighted by atomic mass is 9.97. The van der Waals surface area contributed by atoms with Crippen LogP contribution in [0.1, 0.15) is 18.4 Å². The molecule has 1 saturated heterocycles. The Morgan fingerprint density at radius 3 is 2.21 bits per heavy atom. The summed E-state index contributed by atoms with van der Waals surface area (Å²) >= 11 is 0. The van der Waals surface area contributed by atoms with Crippen molar-refractivity contribution in [2.75, 3.05) is 18.4 Å². The number of hydrogen-bond acceptors (Lipinski definition) is 3. The summed E-state index contributed by atoms with van der Waals surface area (Å²) in [5.74, 6) is -2.72. The number of carbonyl (C=O) groups is 1. The predicted molar refractivity (Wildman–Crippen MR) is 104 cm³/mol. The molecule has 0 aromatic heterocycles. The van der Waals surface area contributed by atoms with E-state index in [0.29, 0.717) is 0 Å². The molecule has 2 aromatic rings.